The summed E-state index contributed by atoms with van der Waals surface area (Å²) in [7, 11) is 2.27. The molecule has 0 N–H and O–H groups in total. The summed E-state index contributed by atoms with van der Waals surface area (Å²) in [5.74, 6) is 3.76. The third-order valence-electron chi connectivity index (χ3n) is 10.2. The van der Waals surface area contributed by atoms with Crippen molar-refractivity contribution in [1.29, 1.82) is 0 Å². The molecule has 6 unspecified atom stereocenters. The Balaban J connectivity index is 1.42. The van der Waals surface area contributed by atoms with Crippen LogP contribution in [0.5, 0.6) is 0 Å². The van der Waals surface area contributed by atoms with E-state index in [1.165, 1.54) is 48.2 Å². The molecule has 30 heavy (non-hydrogen) atoms. The number of nitrogens with zero attached hydrogens (tertiary/aromatic N) is 1. The summed E-state index contributed by atoms with van der Waals surface area (Å²) >= 11 is 0. The van der Waals surface area contributed by atoms with Crippen molar-refractivity contribution in [3.8, 4) is 11.1 Å². The van der Waals surface area contributed by atoms with Gasteiger partial charge in [0.05, 0.1) is 0 Å². The molecule has 4 fully saturated rings. The van der Waals surface area contributed by atoms with E-state index in [1.807, 2.05) is 0 Å². The van der Waals surface area contributed by atoms with E-state index in [4.69, 9.17) is 0 Å². The van der Waals surface area contributed by atoms with Gasteiger partial charge in [0.25, 0.3) is 0 Å². The smallest absolute Gasteiger partial charge is 0.0456 e. The average Bonchev–Trinajstić information content (AvgIpc) is 3.39. The van der Waals surface area contributed by atoms with E-state index >= 15 is 0 Å². The van der Waals surface area contributed by atoms with Crippen LogP contribution in [0.1, 0.15) is 36.8 Å². The molecule has 5 aliphatic carbocycles. The van der Waals surface area contributed by atoms with Gasteiger partial charge in [-0.1, -0.05) is 54.6 Å². The highest BCUT2D eigenvalue weighted by Gasteiger charge is 2.82. The van der Waals surface area contributed by atoms with Crippen LogP contribution in [-0.2, 0) is 5.41 Å². The Hall–Kier alpha value is -2.54. The number of rotatable bonds is 2. The van der Waals surface area contributed by atoms with Crippen LogP contribution in [0.3, 0.4) is 0 Å². The Kier molecular flexibility index (Phi) is 2.71. The molecule has 0 aliphatic heterocycles. The van der Waals surface area contributed by atoms with Crippen molar-refractivity contribution >= 4 is 11.4 Å². The van der Waals surface area contributed by atoms with Crippen LogP contribution in [0.2, 0.25) is 0 Å². The van der Waals surface area contributed by atoms with Gasteiger partial charge in [-0.05, 0) is 95.2 Å². The largest absolute Gasteiger partial charge is 0.344 e. The third-order valence-corrected chi connectivity index (χ3v) is 10.2. The SMILES string of the molecule is CN(c1ccccc1)c1cccc2c1C1(c3ccccc3-2)C2CC3CC4CC1C34C2. The van der Waals surface area contributed by atoms with E-state index in [-0.39, 0.29) is 5.41 Å². The van der Waals surface area contributed by atoms with E-state index in [9.17, 15) is 0 Å². The lowest BCUT2D eigenvalue weighted by Gasteiger charge is -2.70. The summed E-state index contributed by atoms with van der Waals surface area (Å²) in [6.07, 6.45) is 5.95. The Morgan fingerprint density at radius 1 is 0.733 bits per heavy atom. The molecule has 0 heterocycles. The summed E-state index contributed by atoms with van der Waals surface area (Å²) in [4.78, 5) is 2.45. The molecule has 0 amide bonds. The Bertz CT molecular complexity index is 1210. The minimum atomic E-state index is 0.249. The first-order valence-electron chi connectivity index (χ1n) is 11.8. The zero-order chi connectivity index (χ0) is 19.7. The maximum atomic E-state index is 2.49. The summed E-state index contributed by atoms with van der Waals surface area (Å²) < 4.78 is 0. The molecule has 0 radical (unpaired) electrons. The molecule has 0 aromatic heterocycles. The second-order valence-electron chi connectivity index (χ2n) is 10.7. The first-order valence-corrected chi connectivity index (χ1v) is 11.8. The molecule has 4 saturated carbocycles. The van der Waals surface area contributed by atoms with Crippen LogP contribution in [0.15, 0.2) is 72.8 Å². The third kappa shape index (κ3) is 1.48. The van der Waals surface area contributed by atoms with Crippen LogP contribution in [0.4, 0.5) is 11.4 Å². The predicted octanol–water partition coefficient (Wildman–Crippen LogP) is 6.79. The highest BCUT2D eigenvalue weighted by atomic mass is 15.1. The van der Waals surface area contributed by atoms with Gasteiger partial charge in [-0.15, -0.1) is 0 Å². The van der Waals surface area contributed by atoms with Gasteiger partial charge in [-0.25, -0.2) is 0 Å². The summed E-state index contributed by atoms with van der Waals surface area (Å²) in [5.41, 5.74) is 9.99. The number of hydrogen-bond donors (Lipinski definition) is 0. The van der Waals surface area contributed by atoms with Crippen LogP contribution >= 0.6 is 0 Å². The van der Waals surface area contributed by atoms with Crippen LogP contribution in [0.25, 0.3) is 11.1 Å². The number of benzene rings is 3. The summed E-state index contributed by atoms with van der Waals surface area (Å²) in [5, 5.41) is 0. The standard InChI is InChI=1S/C29H27N/c1-30(21-8-3-2-4-9-21)25-13-7-11-23-22-10-5-6-12-24(22)29(27(23)25)20-15-18-14-19-16-26(29)28(18,19)17-20/h2-13,18-20,26H,14-17H2,1H3. The van der Waals surface area contributed by atoms with E-state index in [0.717, 1.165) is 23.7 Å². The van der Waals surface area contributed by atoms with E-state index in [1.54, 1.807) is 11.1 Å². The minimum Gasteiger partial charge on any atom is -0.344 e. The molecule has 2 bridgehead atoms. The number of hydrogen-bond acceptors (Lipinski definition) is 1. The van der Waals surface area contributed by atoms with Gasteiger partial charge in [0.15, 0.2) is 0 Å². The fourth-order valence-corrected chi connectivity index (χ4v) is 9.34. The number of para-hydroxylation sites is 1. The first kappa shape index (κ1) is 16.2. The highest BCUT2D eigenvalue weighted by molar-refractivity contribution is 5.89. The quantitative estimate of drug-likeness (QED) is 0.466. The molecule has 1 nitrogen and oxygen atoms in total. The molecular formula is C29H27N. The van der Waals surface area contributed by atoms with Crippen molar-refractivity contribution < 1.29 is 0 Å². The predicted molar refractivity (Wildman–Crippen MR) is 122 cm³/mol. The molecule has 148 valence electrons. The molecule has 6 atom stereocenters. The Morgan fingerprint density at radius 3 is 2.30 bits per heavy atom. The maximum absolute atomic E-state index is 2.49. The fourth-order valence-electron chi connectivity index (χ4n) is 9.34. The van der Waals surface area contributed by atoms with Gasteiger partial charge >= 0.3 is 0 Å². The molecule has 3 aromatic carbocycles. The first-order chi connectivity index (χ1) is 14.8. The number of fused-ring (bicyclic) bond motifs is 8. The lowest BCUT2D eigenvalue weighted by atomic mass is 9.34. The normalized spacial score (nSPS) is 37.9. The lowest BCUT2D eigenvalue weighted by Crippen LogP contribution is -2.65. The van der Waals surface area contributed by atoms with Gasteiger partial charge < -0.3 is 4.90 Å². The molecule has 1 heteroatoms. The van der Waals surface area contributed by atoms with Crippen molar-refractivity contribution in [2.45, 2.75) is 31.1 Å². The Morgan fingerprint density at radius 2 is 1.47 bits per heavy atom. The fraction of sp³-hybridized carbons (Fsp3) is 0.379. The van der Waals surface area contributed by atoms with Gasteiger partial charge in [-0.3, -0.25) is 0 Å². The molecular weight excluding hydrogens is 362 g/mol. The monoisotopic (exact) mass is 389 g/mol. The van der Waals surface area contributed by atoms with Crippen LogP contribution < -0.4 is 4.90 Å². The second kappa shape index (κ2) is 5.02. The van der Waals surface area contributed by atoms with Gasteiger partial charge in [0.2, 0.25) is 0 Å². The maximum Gasteiger partial charge on any atom is 0.0456 e. The van der Waals surface area contributed by atoms with E-state index in [0.29, 0.717) is 5.41 Å². The van der Waals surface area contributed by atoms with Gasteiger partial charge in [0, 0.05) is 23.8 Å². The molecule has 3 aromatic rings. The zero-order valence-electron chi connectivity index (χ0n) is 17.5. The summed E-state index contributed by atoms with van der Waals surface area (Å²) in [6, 6.07) is 27.4. The Labute approximate surface area is 178 Å². The molecule has 2 spiro atoms. The van der Waals surface area contributed by atoms with Crippen molar-refractivity contribution in [1.82, 2.24) is 0 Å². The second-order valence-corrected chi connectivity index (χ2v) is 10.7. The topological polar surface area (TPSA) is 3.24 Å². The molecule has 8 rings (SSSR count). The van der Waals surface area contributed by atoms with E-state index in [2.05, 4.69) is 84.7 Å². The van der Waals surface area contributed by atoms with Crippen molar-refractivity contribution in [3.05, 3.63) is 83.9 Å². The molecule has 0 saturated heterocycles. The summed E-state index contributed by atoms with van der Waals surface area (Å²) in [6.45, 7) is 0. The molecule has 5 aliphatic rings. The van der Waals surface area contributed by atoms with Crippen LogP contribution in [-0.4, -0.2) is 7.05 Å². The van der Waals surface area contributed by atoms with Gasteiger partial charge in [0.1, 0.15) is 0 Å². The number of anilines is 2. The lowest BCUT2D eigenvalue weighted by molar-refractivity contribution is -0.193. The minimum absolute atomic E-state index is 0.249. The zero-order valence-corrected chi connectivity index (χ0v) is 17.5. The average molecular weight is 390 g/mol. The van der Waals surface area contributed by atoms with Crippen molar-refractivity contribution in [3.63, 3.8) is 0 Å². The van der Waals surface area contributed by atoms with E-state index < -0.39 is 0 Å². The highest BCUT2D eigenvalue weighted by Crippen LogP contribution is 2.88. The van der Waals surface area contributed by atoms with Crippen molar-refractivity contribution in [2.75, 3.05) is 11.9 Å². The van der Waals surface area contributed by atoms with Crippen molar-refractivity contribution in [2.24, 2.45) is 29.1 Å². The van der Waals surface area contributed by atoms with Crippen LogP contribution in [0, 0.1) is 29.1 Å². The van der Waals surface area contributed by atoms with Gasteiger partial charge in [-0.2, -0.15) is 0 Å².